The predicted octanol–water partition coefficient (Wildman–Crippen LogP) is 2.33. The van der Waals surface area contributed by atoms with E-state index in [1.807, 2.05) is 18.2 Å². The molecule has 0 aromatic heterocycles. The molecule has 1 aliphatic carbocycles. The van der Waals surface area contributed by atoms with Gasteiger partial charge in [0.2, 0.25) is 0 Å². The van der Waals surface area contributed by atoms with Crippen molar-refractivity contribution in [3.05, 3.63) is 28.2 Å². The van der Waals surface area contributed by atoms with Crippen molar-refractivity contribution in [2.45, 2.75) is 24.4 Å². The van der Waals surface area contributed by atoms with Gasteiger partial charge in [-0.1, -0.05) is 22.0 Å². The number of hydrogen-bond donors (Lipinski definition) is 1. The van der Waals surface area contributed by atoms with Gasteiger partial charge >= 0.3 is 5.97 Å². The molecule has 0 unspecified atom stereocenters. The first-order valence-electron chi connectivity index (χ1n) is 4.82. The van der Waals surface area contributed by atoms with Crippen LogP contribution in [-0.4, -0.2) is 17.2 Å². The first-order valence-corrected chi connectivity index (χ1v) is 5.61. The lowest BCUT2D eigenvalue weighted by Crippen LogP contribution is -2.56. The van der Waals surface area contributed by atoms with E-state index in [0.717, 1.165) is 10.0 Å². The molecule has 3 aliphatic rings. The highest BCUT2D eigenvalue weighted by atomic mass is 79.9. The van der Waals surface area contributed by atoms with E-state index in [2.05, 4.69) is 15.9 Å². The first kappa shape index (κ1) is 9.21. The van der Waals surface area contributed by atoms with Crippen LogP contribution in [0.4, 0.5) is 0 Å². The molecule has 0 atom stereocenters. The van der Waals surface area contributed by atoms with Gasteiger partial charge in [0.25, 0.3) is 0 Å². The monoisotopic (exact) mass is 268 g/mol. The third-order valence-corrected chi connectivity index (χ3v) is 3.81. The van der Waals surface area contributed by atoms with E-state index in [9.17, 15) is 9.90 Å². The lowest BCUT2D eigenvalue weighted by Gasteiger charge is -2.49. The highest BCUT2D eigenvalue weighted by molar-refractivity contribution is 9.10. The van der Waals surface area contributed by atoms with Gasteiger partial charge in [0.15, 0.2) is 0 Å². The fourth-order valence-corrected chi connectivity index (χ4v) is 2.82. The molecule has 15 heavy (non-hydrogen) atoms. The van der Waals surface area contributed by atoms with Gasteiger partial charge in [0.05, 0.1) is 0 Å². The summed E-state index contributed by atoms with van der Waals surface area (Å²) in [6.07, 6.45) is 1.30. The van der Waals surface area contributed by atoms with Crippen molar-refractivity contribution >= 4 is 21.9 Å². The molecule has 0 spiro atoms. The molecule has 1 saturated carbocycles. The van der Waals surface area contributed by atoms with Crippen LogP contribution in [0.15, 0.2) is 22.7 Å². The third-order valence-electron chi connectivity index (χ3n) is 3.31. The van der Waals surface area contributed by atoms with Crippen LogP contribution in [0.25, 0.3) is 0 Å². The Hall–Kier alpha value is -1.03. The Morgan fingerprint density at radius 3 is 2.93 bits per heavy atom. The summed E-state index contributed by atoms with van der Waals surface area (Å²) in [5.41, 5.74) is 0.138. The molecular weight excluding hydrogens is 260 g/mol. The quantitative estimate of drug-likeness (QED) is 0.851. The summed E-state index contributed by atoms with van der Waals surface area (Å²) in [7, 11) is 0. The predicted molar refractivity (Wildman–Crippen MR) is 57.1 cm³/mol. The zero-order valence-corrected chi connectivity index (χ0v) is 9.45. The number of halogens is 1. The Morgan fingerprint density at radius 1 is 1.53 bits per heavy atom. The van der Waals surface area contributed by atoms with Crippen molar-refractivity contribution in [2.24, 2.45) is 0 Å². The lowest BCUT2D eigenvalue weighted by molar-refractivity contribution is -0.154. The topological polar surface area (TPSA) is 46.5 Å². The summed E-state index contributed by atoms with van der Waals surface area (Å²) >= 11 is 3.35. The molecule has 1 aromatic rings. The number of ether oxygens (including phenoxy) is 1. The van der Waals surface area contributed by atoms with Gasteiger partial charge < -0.3 is 9.84 Å². The summed E-state index contributed by atoms with van der Waals surface area (Å²) in [4.78, 5) is 11.3. The SMILES string of the molecule is O=C(O)C12CC(C1)Oc1cc(Br)ccc12. The summed E-state index contributed by atoms with van der Waals surface area (Å²) in [6.45, 7) is 0. The highest BCUT2D eigenvalue weighted by Gasteiger charge is 2.57. The largest absolute Gasteiger partial charge is 0.490 e. The number of aliphatic carboxylic acids is 1. The average Bonchev–Trinajstić information content (AvgIpc) is 2.13. The van der Waals surface area contributed by atoms with Crippen molar-refractivity contribution in [3.8, 4) is 5.75 Å². The molecule has 2 aliphatic heterocycles. The number of carboxylic acids is 1. The van der Waals surface area contributed by atoms with Crippen LogP contribution in [0.3, 0.4) is 0 Å². The standard InChI is InChI=1S/C11H9BrO3/c12-6-1-2-8-9(3-6)15-7-4-11(8,5-7)10(13)14/h1-3,7H,4-5H2,(H,13,14). The number of rotatable bonds is 1. The molecule has 3 nitrogen and oxygen atoms in total. The van der Waals surface area contributed by atoms with E-state index in [1.54, 1.807) is 0 Å². The Morgan fingerprint density at radius 2 is 2.27 bits per heavy atom. The first-order chi connectivity index (χ1) is 7.12. The van der Waals surface area contributed by atoms with Crippen molar-refractivity contribution in [1.82, 2.24) is 0 Å². The zero-order chi connectivity index (χ0) is 10.6. The van der Waals surface area contributed by atoms with Crippen LogP contribution in [0.2, 0.25) is 0 Å². The summed E-state index contributed by atoms with van der Waals surface area (Å²) < 4.78 is 6.58. The van der Waals surface area contributed by atoms with Crippen molar-refractivity contribution in [2.75, 3.05) is 0 Å². The van der Waals surface area contributed by atoms with E-state index in [0.29, 0.717) is 18.6 Å². The van der Waals surface area contributed by atoms with E-state index in [1.165, 1.54) is 0 Å². The number of carbonyl (C=O) groups is 1. The second-order valence-corrected chi connectivity index (χ2v) is 5.09. The summed E-state index contributed by atoms with van der Waals surface area (Å²) in [6, 6.07) is 5.56. The van der Waals surface area contributed by atoms with Gasteiger partial charge in [-0.25, -0.2) is 0 Å². The van der Waals surface area contributed by atoms with Gasteiger partial charge in [0, 0.05) is 22.9 Å². The Balaban J connectivity index is 2.17. The van der Waals surface area contributed by atoms with Crippen LogP contribution in [0.5, 0.6) is 5.75 Å². The third kappa shape index (κ3) is 1.08. The van der Waals surface area contributed by atoms with E-state index < -0.39 is 11.4 Å². The van der Waals surface area contributed by atoms with Crippen molar-refractivity contribution < 1.29 is 14.6 Å². The molecule has 4 rings (SSSR count). The maximum Gasteiger partial charge on any atom is 0.314 e. The lowest BCUT2D eigenvalue weighted by atomic mass is 9.61. The molecule has 0 amide bonds. The van der Waals surface area contributed by atoms with Gasteiger partial charge in [-0.15, -0.1) is 0 Å². The van der Waals surface area contributed by atoms with Crippen LogP contribution in [0, 0.1) is 0 Å². The van der Waals surface area contributed by atoms with Gasteiger partial charge in [-0.3, -0.25) is 4.79 Å². The van der Waals surface area contributed by atoms with Gasteiger partial charge in [-0.05, 0) is 12.1 Å². The smallest absolute Gasteiger partial charge is 0.314 e. The minimum atomic E-state index is -0.731. The molecule has 0 radical (unpaired) electrons. The summed E-state index contributed by atoms with van der Waals surface area (Å²) in [5.74, 6) is -0.0140. The molecule has 78 valence electrons. The molecule has 1 fully saturated rings. The molecule has 1 N–H and O–H groups in total. The fourth-order valence-electron chi connectivity index (χ4n) is 2.48. The number of benzene rings is 1. The number of hydrogen-bond acceptors (Lipinski definition) is 2. The molecule has 0 saturated heterocycles. The van der Waals surface area contributed by atoms with E-state index in [-0.39, 0.29) is 6.10 Å². The second kappa shape index (κ2) is 2.76. The van der Waals surface area contributed by atoms with Gasteiger partial charge in [-0.2, -0.15) is 0 Å². The zero-order valence-electron chi connectivity index (χ0n) is 7.87. The van der Waals surface area contributed by atoms with E-state index >= 15 is 0 Å². The van der Waals surface area contributed by atoms with Crippen molar-refractivity contribution in [3.63, 3.8) is 0 Å². The Kier molecular flexibility index (Phi) is 1.69. The molecule has 4 heteroatoms. The highest BCUT2D eigenvalue weighted by Crippen LogP contribution is 2.53. The maximum atomic E-state index is 11.3. The van der Waals surface area contributed by atoms with Crippen LogP contribution in [0.1, 0.15) is 18.4 Å². The molecular formula is C11H9BrO3. The van der Waals surface area contributed by atoms with Gasteiger partial charge in [0.1, 0.15) is 17.3 Å². The molecule has 2 bridgehead atoms. The second-order valence-electron chi connectivity index (χ2n) is 4.18. The Bertz CT molecular complexity index is 449. The van der Waals surface area contributed by atoms with Crippen LogP contribution < -0.4 is 4.74 Å². The van der Waals surface area contributed by atoms with Crippen LogP contribution in [-0.2, 0) is 10.2 Å². The van der Waals surface area contributed by atoms with Crippen LogP contribution >= 0.6 is 15.9 Å². The number of carboxylic acid groups (broad SMARTS) is 1. The molecule has 1 aromatic carbocycles. The fraction of sp³-hybridized carbons (Fsp3) is 0.364. The van der Waals surface area contributed by atoms with Crippen molar-refractivity contribution in [1.29, 1.82) is 0 Å². The minimum Gasteiger partial charge on any atom is -0.490 e. The molecule has 2 heterocycles. The Labute approximate surface area is 95.2 Å². The average molecular weight is 269 g/mol. The summed E-state index contributed by atoms with van der Waals surface area (Å²) in [5, 5.41) is 9.28. The maximum absolute atomic E-state index is 11.3. The normalized spacial score (nSPS) is 31.1. The minimum absolute atomic E-state index is 0.0860. The van der Waals surface area contributed by atoms with E-state index in [4.69, 9.17) is 4.74 Å².